The molecule has 0 aliphatic carbocycles. The molecule has 3 rings (SSSR count). The Hall–Kier alpha value is -3.33. The van der Waals surface area contributed by atoms with Gasteiger partial charge >= 0.3 is 0 Å². The first kappa shape index (κ1) is 18.5. The maximum absolute atomic E-state index is 12.0. The van der Waals surface area contributed by atoms with Crippen LogP contribution in [0.3, 0.4) is 0 Å². The molecule has 1 aromatic heterocycles. The highest BCUT2D eigenvalue weighted by molar-refractivity contribution is 7.18. The predicted octanol–water partition coefficient (Wildman–Crippen LogP) is 3.94. The molecule has 0 radical (unpaired) electrons. The van der Waals surface area contributed by atoms with Crippen LogP contribution in [-0.4, -0.2) is 27.6 Å². The first-order valence-electron chi connectivity index (χ1n) is 8.29. The summed E-state index contributed by atoms with van der Waals surface area (Å²) in [6.45, 7) is 0.580. The van der Waals surface area contributed by atoms with Gasteiger partial charge in [-0.05, 0) is 18.6 Å². The highest BCUT2D eigenvalue weighted by atomic mass is 32.1. The molecule has 0 bridgehead atoms. The number of anilines is 2. The van der Waals surface area contributed by atoms with Crippen LogP contribution < -0.4 is 10.6 Å². The molecule has 2 N–H and O–H groups in total. The van der Waals surface area contributed by atoms with E-state index < -0.39 is 4.92 Å². The molecule has 0 spiro atoms. The van der Waals surface area contributed by atoms with Crippen LogP contribution >= 0.6 is 11.3 Å². The Bertz CT molecular complexity index is 912. The van der Waals surface area contributed by atoms with Gasteiger partial charge in [0.15, 0.2) is 0 Å². The first-order valence-corrected chi connectivity index (χ1v) is 9.10. The number of rotatable bonds is 8. The van der Waals surface area contributed by atoms with Crippen molar-refractivity contribution in [2.45, 2.75) is 12.8 Å². The Kier molecular flexibility index (Phi) is 6.06. The van der Waals surface area contributed by atoms with Crippen molar-refractivity contribution in [1.29, 1.82) is 0 Å². The number of nitrogens with one attached hydrogen (secondary N) is 2. The van der Waals surface area contributed by atoms with Gasteiger partial charge in [0.25, 0.3) is 5.69 Å². The second-order valence-electron chi connectivity index (χ2n) is 5.66. The summed E-state index contributed by atoms with van der Waals surface area (Å²) in [4.78, 5) is 22.2. The standard InChI is InChI=1S/C18H17N5O3S/c24-16(7-4-12-19-14-8-10-15(11-9-14)23(25)26)20-18-22-21-17(27-18)13-5-2-1-3-6-13/h1-3,5-6,8-11,19H,4,7,12H2,(H,20,22,24). The van der Waals surface area contributed by atoms with Crippen LogP contribution in [0, 0.1) is 10.1 Å². The summed E-state index contributed by atoms with van der Waals surface area (Å²) in [6.07, 6.45) is 0.952. The highest BCUT2D eigenvalue weighted by Crippen LogP contribution is 2.26. The number of carbonyl (C=O) groups excluding carboxylic acids is 1. The summed E-state index contributed by atoms with van der Waals surface area (Å²) in [6, 6.07) is 15.8. The van der Waals surface area contributed by atoms with Crippen LogP contribution in [0.4, 0.5) is 16.5 Å². The molecule has 138 valence electrons. The summed E-state index contributed by atoms with van der Waals surface area (Å²) in [5.74, 6) is -0.128. The predicted molar refractivity (Wildman–Crippen MR) is 105 cm³/mol. The largest absolute Gasteiger partial charge is 0.385 e. The lowest BCUT2D eigenvalue weighted by molar-refractivity contribution is -0.384. The maximum atomic E-state index is 12.0. The van der Waals surface area contributed by atoms with E-state index in [0.29, 0.717) is 24.5 Å². The van der Waals surface area contributed by atoms with Crippen LogP contribution in [-0.2, 0) is 4.79 Å². The lowest BCUT2D eigenvalue weighted by Crippen LogP contribution is -2.13. The minimum Gasteiger partial charge on any atom is -0.385 e. The number of benzene rings is 2. The third-order valence-corrected chi connectivity index (χ3v) is 4.57. The highest BCUT2D eigenvalue weighted by Gasteiger charge is 2.09. The maximum Gasteiger partial charge on any atom is 0.269 e. The molecule has 9 heteroatoms. The minimum atomic E-state index is -0.440. The van der Waals surface area contributed by atoms with E-state index in [-0.39, 0.29) is 11.6 Å². The Morgan fingerprint density at radius 1 is 1.07 bits per heavy atom. The van der Waals surface area contributed by atoms with Gasteiger partial charge in [-0.1, -0.05) is 41.7 Å². The molecular formula is C18H17N5O3S. The Morgan fingerprint density at radius 3 is 2.52 bits per heavy atom. The second kappa shape index (κ2) is 8.86. The molecule has 0 unspecified atom stereocenters. The number of hydrogen-bond acceptors (Lipinski definition) is 7. The van der Waals surface area contributed by atoms with Crippen LogP contribution in [0.15, 0.2) is 54.6 Å². The molecule has 0 saturated carbocycles. The number of nitrogens with zero attached hydrogens (tertiary/aromatic N) is 3. The normalized spacial score (nSPS) is 10.4. The summed E-state index contributed by atoms with van der Waals surface area (Å²) < 4.78 is 0. The summed E-state index contributed by atoms with van der Waals surface area (Å²) >= 11 is 1.33. The Balaban J connectivity index is 1.41. The first-order chi connectivity index (χ1) is 13.1. The van der Waals surface area contributed by atoms with Crippen molar-refractivity contribution in [2.24, 2.45) is 0 Å². The molecular weight excluding hydrogens is 366 g/mol. The van der Waals surface area contributed by atoms with Crippen molar-refractivity contribution in [3.05, 3.63) is 64.7 Å². The molecule has 0 atom stereocenters. The molecule has 0 aliphatic heterocycles. The third kappa shape index (κ3) is 5.32. The van der Waals surface area contributed by atoms with Crippen molar-refractivity contribution >= 4 is 33.8 Å². The SMILES string of the molecule is O=C(CCCNc1ccc([N+](=O)[O-])cc1)Nc1nnc(-c2ccccc2)s1. The molecule has 1 heterocycles. The fourth-order valence-corrected chi connectivity index (χ4v) is 3.10. The second-order valence-corrected chi connectivity index (χ2v) is 6.64. The Labute approximate surface area is 159 Å². The summed E-state index contributed by atoms with van der Waals surface area (Å²) in [5, 5.41) is 25.8. The van der Waals surface area contributed by atoms with Gasteiger partial charge in [0.1, 0.15) is 5.01 Å². The average molecular weight is 383 g/mol. The van der Waals surface area contributed by atoms with Gasteiger partial charge in [-0.2, -0.15) is 0 Å². The van der Waals surface area contributed by atoms with Crippen molar-refractivity contribution in [3.8, 4) is 10.6 Å². The molecule has 0 saturated heterocycles. The van der Waals surface area contributed by atoms with Crippen LogP contribution in [0.2, 0.25) is 0 Å². The van der Waals surface area contributed by atoms with Crippen molar-refractivity contribution in [1.82, 2.24) is 10.2 Å². The quantitative estimate of drug-likeness (QED) is 0.346. The van der Waals surface area contributed by atoms with E-state index in [4.69, 9.17) is 0 Å². The Morgan fingerprint density at radius 2 is 1.81 bits per heavy atom. The van der Waals surface area contributed by atoms with Gasteiger partial charge in [0.2, 0.25) is 11.0 Å². The van der Waals surface area contributed by atoms with Crippen molar-refractivity contribution < 1.29 is 9.72 Å². The smallest absolute Gasteiger partial charge is 0.269 e. The molecule has 27 heavy (non-hydrogen) atoms. The molecule has 8 nitrogen and oxygen atoms in total. The van der Waals surface area contributed by atoms with E-state index in [1.807, 2.05) is 30.3 Å². The fourth-order valence-electron chi connectivity index (χ4n) is 2.34. The molecule has 0 fully saturated rings. The lowest BCUT2D eigenvalue weighted by atomic mass is 10.2. The number of carbonyl (C=O) groups is 1. The van der Waals surface area contributed by atoms with Crippen LogP contribution in [0.25, 0.3) is 10.6 Å². The number of non-ortho nitro benzene ring substituents is 1. The van der Waals surface area contributed by atoms with Crippen molar-refractivity contribution in [3.63, 3.8) is 0 Å². The van der Waals surface area contributed by atoms with E-state index in [2.05, 4.69) is 20.8 Å². The fraction of sp³-hybridized carbons (Fsp3) is 0.167. The topological polar surface area (TPSA) is 110 Å². The van der Waals surface area contributed by atoms with Gasteiger partial charge in [-0.15, -0.1) is 10.2 Å². The zero-order valence-electron chi connectivity index (χ0n) is 14.3. The van der Waals surface area contributed by atoms with Gasteiger partial charge in [-0.25, -0.2) is 0 Å². The molecule has 2 aromatic carbocycles. The average Bonchev–Trinajstić information content (AvgIpc) is 3.15. The van der Waals surface area contributed by atoms with E-state index >= 15 is 0 Å². The molecule has 0 aliphatic rings. The van der Waals surface area contributed by atoms with Gasteiger partial charge in [0, 0.05) is 36.3 Å². The third-order valence-electron chi connectivity index (χ3n) is 3.68. The summed E-state index contributed by atoms with van der Waals surface area (Å²) in [7, 11) is 0. The van der Waals surface area contributed by atoms with Gasteiger partial charge in [-0.3, -0.25) is 14.9 Å². The van der Waals surface area contributed by atoms with E-state index in [1.54, 1.807) is 12.1 Å². The summed E-state index contributed by atoms with van der Waals surface area (Å²) in [5.41, 5.74) is 1.78. The number of amides is 1. The molecule has 3 aromatic rings. The van der Waals surface area contributed by atoms with E-state index in [1.165, 1.54) is 23.5 Å². The van der Waals surface area contributed by atoms with E-state index in [9.17, 15) is 14.9 Å². The number of nitro benzene ring substituents is 1. The number of aromatic nitrogens is 2. The molecule has 1 amide bonds. The monoisotopic (exact) mass is 383 g/mol. The number of nitro groups is 1. The van der Waals surface area contributed by atoms with Gasteiger partial charge < -0.3 is 10.6 Å². The zero-order chi connectivity index (χ0) is 19.1. The van der Waals surface area contributed by atoms with Crippen molar-refractivity contribution in [2.75, 3.05) is 17.2 Å². The van der Waals surface area contributed by atoms with Crippen LogP contribution in [0.5, 0.6) is 0 Å². The zero-order valence-corrected chi connectivity index (χ0v) is 15.1. The number of hydrogen-bond donors (Lipinski definition) is 2. The van der Waals surface area contributed by atoms with E-state index in [0.717, 1.165) is 16.3 Å². The van der Waals surface area contributed by atoms with Gasteiger partial charge in [0.05, 0.1) is 4.92 Å². The minimum absolute atomic E-state index is 0.0480. The lowest BCUT2D eigenvalue weighted by Gasteiger charge is -2.05. The van der Waals surface area contributed by atoms with Crippen LogP contribution in [0.1, 0.15) is 12.8 Å².